The zero-order valence-electron chi connectivity index (χ0n) is 25.0. The van der Waals surface area contributed by atoms with Crippen LogP contribution in [0.2, 0.25) is 0 Å². The van der Waals surface area contributed by atoms with Gasteiger partial charge in [-0.1, -0.05) is 30.8 Å². The second-order valence-corrected chi connectivity index (χ2v) is 12.9. The van der Waals surface area contributed by atoms with Crippen LogP contribution in [0, 0.1) is 22.6 Å². The fraction of sp³-hybridized carbons (Fsp3) is 0.471. The zero-order chi connectivity index (χ0) is 30.6. The van der Waals surface area contributed by atoms with Crippen LogP contribution >= 0.6 is 0 Å². The summed E-state index contributed by atoms with van der Waals surface area (Å²) < 4.78 is 36.6. The minimum absolute atomic E-state index is 0.00895. The number of benzene rings is 2. The number of fused-ring (bicyclic) bond motifs is 2. The van der Waals surface area contributed by atoms with Crippen molar-refractivity contribution in [2.75, 3.05) is 44.7 Å². The molecule has 10 heteroatoms. The Balaban J connectivity index is 1.29. The molecule has 2 saturated heterocycles. The number of nitrogens with zero attached hydrogens (tertiary/aromatic N) is 6. The van der Waals surface area contributed by atoms with E-state index in [0.29, 0.717) is 35.3 Å². The van der Waals surface area contributed by atoms with E-state index in [2.05, 4.69) is 35.6 Å². The molecule has 2 aliphatic heterocycles. The highest BCUT2D eigenvalue weighted by molar-refractivity contribution is 5.94. The third-order valence-electron chi connectivity index (χ3n) is 10.1. The molecule has 1 saturated carbocycles. The van der Waals surface area contributed by atoms with Crippen LogP contribution in [0.15, 0.2) is 42.7 Å². The Labute approximate surface area is 255 Å². The van der Waals surface area contributed by atoms with Crippen LogP contribution in [-0.4, -0.2) is 77.6 Å². The summed E-state index contributed by atoms with van der Waals surface area (Å²) in [4.78, 5) is 27.4. The van der Waals surface area contributed by atoms with Crippen LogP contribution in [0.5, 0.6) is 6.01 Å². The van der Waals surface area contributed by atoms with Gasteiger partial charge in [-0.2, -0.15) is 15.2 Å². The topological polar surface area (TPSA) is 85.6 Å². The third kappa shape index (κ3) is 5.07. The summed E-state index contributed by atoms with van der Waals surface area (Å²) in [6.07, 6.45) is 6.57. The Bertz CT molecular complexity index is 1700. The lowest BCUT2D eigenvalue weighted by atomic mass is 9.95. The fourth-order valence-electron chi connectivity index (χ4n) is 7.38. The van der Waals surface area contributed by atoms with Gasteiger partial charge in [-0.25, -0.2) is 8.78 Å². The quantitative estimate of drug-likeness (QED) is 0.346. The molecular formula is C34H36F2N6O2. The first-order chi connectivity index (χ1) is 21.3. The molecular weight excluding hydrogens is 562 g/mol. The molecule has 3 heterocycles. The molecule has 1 aromatic heterocycles. The molecule has 2 aromatic carbocycles. The van der Waals surface area contributed by atoms with Gasteiger partial charge < -0.3 is 19.4 Å². The number of piperazine rings is 1. The molecule has 7 rings (SSSR count). The van der Waals surface area contributed by atoms with Crippen molar-refractivity contribution in [3.63, 3.8) is 0 Å². The molecule has 2 aliphatic carbocycles. The normalized spacial score (nSPS) is 22.3. The monoisotopic (exact) mass is 598 g/mol. The standard InChI is InChI=1S/C34H36F2N6O2/c1-21(35)32(43)42-16-15-41(19-23(42)10-13-37)31-27-9-8-26(25-7-3-5-22-17-34(11-12-34)18-28(22)25)29(36)30(27)38-33(39-31)44-20-24-6-4-14-40(24)2/h3,5,7-9,23-24H,1,4,6,10-12,14-20H2,2H3/t23-,24-/m0/s1. The second kappa shape index (κ2) is 11.1. The molecule has 1 amide bonds. The fourth-order valence-corrected chi connectivity index (χ4v) is 7.38. The average molecular weight is 599 g/mol. The Morgan fingerprint density at radius 3 is 2.70 bits per heavy atom. The number of hydrogen-bond acceptors (Lipinski definition) is 7. The van der Waals surface area contributed by atoms with E-state index in [1.54, 1.807) is 0 Å². The lowest BCUT2D eigenvalue weighted by Gasteiger charge is -2.41. The minimum Gasteiger partial charge on any atom is -0.462 e. The average Bonchev–Trinajstić information content (AvgIpc) is 3.46. The Kier molecular flexibility index (Phi) is 7.24. The van der Waals surface area contributed by atoms with Crippen molar-refractivity contribution in [3.8, 4) is 23.2 Å². The van der Waals surface area contributed by atoms with Crippen molar-refractivity contribution < 1.29 is 18.3 Å². The summed E-state index contributed by atoms with van der Waals surface area (Å²) in [7, 11) is 2.06. The SMILES string of the molecule is C=C(F)C(=O)N1CCN(c2nc(OC[C@@H]3CCCN3C)nc3c(F)c(-c4cccc5c4CC4(CC4)C5)ccc23)C[C@@H]1CC#N. The zero-order valence-corrected chi connectivity index (χ0v) is 25.0. The molecule has 44 heavy (non-hydrogen) atoms. The number of nitriles is 1. The van der Waals surface area contributed by atoms with E-state index in [0.717, 1.165) is 37.8 Å². The van der Waals surface area contributed by atoms with E-state index in [4.69, 9.17) is 9.72 Å². The molecule has 4 aliphatic rings. The maximum absolute atomic E-state index is 16.7. The Morgan fingerprint density at radius 1 is 1.14 bits per heavy atom. The van der Waals surface area contributed by atoms with Crippen molar-refractivity contribution in [2.24, 2.45) is 5.41 Å². The lowest BCUT2D eigenvalue weighted by molar-refractivity contribution is -0.131. The summed E-state index contributed by atoms with van der Waals surface area (Å²) in [5.74, 6) is -1.83. The van der Waals surface area contributed by atoms with Gasteiger partial charge in [0.2, 0.25) is 0 Å². The maximum Gasteiger partial charge on any atom is 0.319 e. The number of aromatic nitrogens is 2. The van der Waals surface area contributed by atoms with Gasteiger partial charge in [-0.05, 0) is 80.3 Å². The van der Waals surface area contributed by atoms with E-state index in [-0.39, 0.29) is 37.1 Å². The van der Waals surface area contributed by atoms with Crippen LogP contribution in [-0.2, 0) is 17.6 Å². The number of likely N-dealkylation sites (tertiary alicyclic amines) is 1. The number of amides is 1. The van der Waals surface area contributed by atoms with Gasteiger partial charge in [0.1, 0.15) is 17.9 Å². The van der Waals surface area contributed by atoms with Crippen LogP contribution in [0.1, 0.15) is 43.2 Å². The molecule has 2 atom stereocenters. The molecule has 3 aromatic rings. The van der Waals surface area contributed by atoms with Gasteiger partial charge in [0.25, 0.3) is 5.91 Å². The minimum atomic E-state index is -1.06. The molecule has 1 spiro atoms. The van der Waals surface area contributed by atoms with Gasteiger partial charge in [0.15, 0.2) is 11.6 Å². The summed E-state index contributed by atoms with van der Waals surface area (Å²) >= 11 is 0. The molecule has 3 fully saturated rings. The number of hydrogen-bond donors (Lipinski definition) is 0. The predicted molar refractivity (Wildman–Crippen MR) is 163 cm³/mol. The second-order valence-electron chi connectivity index (χ2n) is 12.9. The van der Waals surface area contributed by atoms with Crippen molar-refractivity contribution in [1.82, 2.24) is 19.8 Å². The van der Waals surface area contributed by atoms with E-state index in [1.165, 1.54) is 28.9 Å². The number of likely N-dealkylation sites (N-methyl/N-ethyl adjacent to an activating group) is 1. The van der Waals surface area contributed by atoms with Crippen LogP contribution in [0.4, 0.5) is 14.6 Å². The molecule has 8 nitrogen and oxygen atoms in total. The van der Waals surface area contributed by atoms with Gasteiger partial charge in [-0.15, -0.1) is 0 Å². The number of ether oxygens (including phenoxy) is 1. The van der Waals surface area contributed by atoms with Crippen LogP contribution in [0.3, 0.4) is 0 Å². The van der Waals surface area contributed by atoms with Gasteiger partial charge in [-0.3, -0.25) is 4.79 Å². The first-order valence-corrected chi connectivity index (χ1v) is 15.5. The first-order valence-electron chi connectivity index (χ1n) is 15.5. The first kappa shape index (κ1) is 28.7. The largest absolute Gasteiger partial charge is 0.462 e. The highest BCUT2D eigenvalue weighted by Crippen LogP contribution is 2.57. The van der Waals surface area contributed by atoms with E-state index in [1.807, 2.05) is 29.2 Å². The van der Waals surface area contributed by atoms with Gasteiger partial charge in [0, 0.05) is 36.6 Å². The van der Waals surface area contributed by atoms with Crippen LogP contribution < -0.4 is 9.64 Å². The number of carbonyl (C=O) groups is 1. The highest BCUT2D eigenvalue weighted by Gasteiger charge is 2.47. The number of rotatable bonds is 7. The van der Waals surface area contributed by atoms with Gasteiger partial charge >= 0.3 is 6.01 Å². The van der Waals surface area contributed by atoms with E-state index >= 15 is 4.39 Å². The summed E-state index contributed by atoms with van der Waals surface area (Å²) in [6, 6.07) is 11.7. The van der Waals surface area contributed by atoms with E-state index < -0.39 is 23.6 Å². The van der Waals surface area contributed by atoms with Crippen molar-refractivity contribution in [2.45, 2.75) is 57.0 Å². The maximum atomic E-state index is 16.7. The lowest BCUT2D eigenvalue weighted by Crippen LogP contribution is -2.55. The van der Waals surface area contributed by atoms with Gasteiger partial charge in [0.05, 0.1) is 18.5 Å². The Morgan fingerprint density at radius 2 is 1.98 bits per heavy atom. The number of halogens is 2. The van der Waals surface area contributed by atoms with Crippen molar-refractivity contribution in [3.05, 3.63) is 59.7 Å². The number of anilines is 1. The van der Waals surface area contributed by atoms with E-state index in [9.17, 15) is 14.4 Å². The van der Waals surface area contributed by atoms with Crippen molar-refractivity contribution >= 4 is 22.6 Å². The predicted octanol–water partition coefficient (Wildman–Crippen LogP) is 5.20. The van der Waals surface area contributed by atoms with Crippen molar-refractivity contribution in [1.29, 1.82) is 5.26 Å². The highest BCUT2D eigenvalue weighted by atomic mass is 19.1. The molecule has 0 unspecified atom stereocenters. The molecule has 0 N–H and O–H groups in total. The van der Waals surface area contributed by atoms with Crippen LogP contribution in [0.25, 0.3) is 22.0 Å². The molecule has 0 bridgehead atoms. The summed E-state index contributed by atoms with van der Waals surface area (Å²) in [5, 5.41) is 10.0. The summed E-state index contributed by atoms with van der Waals surface area (Å²) in [6.45, 7) is 5.24. The molecule has 228 valence electrons. The number of carbonyl (C=O) groups excluding carboxylic acids is 1. The smallest absolute Gasteiger partial charge is 0.319 e. The Hall–Kier alpha value is -4.10. The summed E-state index contributed by atoms with van der Waals surface area (Å²) in [5.41, 5.74) is 4.48. The molecule has 0 radical (unpaired) electrons. The third-order valence-corrected chi connectivity index (χ3v) is 10.1.